The SMILES string of the molecule is CNCCc1cc2c(cc1C(N)Cc1ccc(OC)c(OC)c1C)OCO2. The zero-order valence-electron chi connectivity index (χ0n) is 16.4. The van der Waals surface area contributed by atoms with Crippen LogP contribution < -0.4 is 30.0 Å². The molecule has 3 rings (SSSR count). The molecule has 6 heteroatoms. The molecule has 3 N–H and O–H groups in total. The molecule has 1 atom stereocenters. The molecule has 0 fully saturated rings. The third-order valence-corrected chi connectivity index (χ3v) is 5.02. The Morgan fingerprint density at radius 1 is 1.11 bits per heavy atom. The minimum atomic E-state index is -0.164. The highest BCUT2D eigenvalue weighted by Crippen LogP contribution is 2.38. The van der Waals surface area contributed by atoms with Gasteiger partial charge in [0.2, 0.25) is 6.79 Å². The van der Waals surface area contributed by atoms with Crippen LogP contribution in [0.1, 0.15) is 28.3 Å². The second kappa shape index (κ2) is 8.50. The molecule has 2 aromatic rings. The quantitative estimate of drug-likeness (QED) is 0.742. The number of nitrogens with two attached hydrogens (primary N) is 1. The van der Waals surface area contributed by atoms with Crippen molar-refractivity contribution in [3.05, 3.63) is 46.5 Å². The summed E-state index contributed by atoms with van der Waals surface area (Å²) in [6.07, 6.45) is 1.57. The van der Waals surface area contributed by atoms with E-state index in [4.69, 9.17) is 24.7 Å². The molecule has 0 aromatic heterocycles. The Labute approximate surface area is 160 Å². The second-order valence-electron chi connectivity index (χ2n) is 6.65. The summed E-state index contributed by atoms with van der Waals surface area (Å²) in [7, 11) is 5.24. The van der Waals surface area contributed by atoms with Crippen molar-refractivity contribution >= 4 is 0 Å². The van der Waals surface area contributed by atoms with Gasteiger partial charge in [0.05, 0.1) is 14.2 Å². The highest BCUT2D eigenvalue weighted by atomic mass is 16.7. The van der Waals surface area contributed by atoms with Crippen LogP contribution in [0.3, 0.4) is 0 Å². The molecule has 2 aromatic carbocycles. The van der Waals surface area contributed by atoms with Crippen LogP contribution in [0, 0.1) is 6.92 Å². The molecule has 1 aliphatic rings. The van der Waals surface area contributed by atoms with E-state index in [1.807, 2.05) is 26.1 Å². The normalized spacial score (nSPS) is 13.5. The molecule has 0 amide bonds. The van der Waals surface area contributed by atoms with Gasteiger partial charge in [0.25, 0.3) is 0 Å². The van der Waals surface area contributed by atoms with Gasteiger partial charge in [-0.1, -0.05) is 6.07 Å². The van der Waals surface area contributed by atoms with Crippen molar-refractivity contribution < 1.29 is 18.9 Å². The first-order chi connectivity index (χ1) is 13.1. The van der Waals surface area contributed by atoms with E-state index in [1.165, 1.54) is 5.56 Å². The highest BCUT2D eigenvalue weighted by Gasteiger charge is 2.21. The van der Waals surface area contributed by atoms with Crippen LogP contribution in [0.15, 0.2) is 24.3 Å². The maximum atomic E-state index is 6.64. The molecule has 1 unspecified atom stereocenters. The maximum Gasteiger partial charge on any atom is 0.231 e. The number of hydrogen-bond acceptors (Lipinski definition) is 6. The number of benzene rings is 2. The standard InChI is InChI=1S/C21H28N2O4/c1-13-14(5-6-18(24-3)21(13)25-4)9-17(22)16-11-20-19(26-12-27-20)10-15(16)7-8-23-2/h5-6,10-11,17,23H,7-9,12,22H2,1-4H3. The minimum Gasteiger partial charge on any atom is -0.493 e. The van der Waals surface area contributed by atoms with Gasteiger partial charge in [-0.25, -0.2) is 0 Å². The van der Waals surface area contributed by atoms with E-state index in [1.54, 1.807) is 14.2 Å². The predicted octanol–water partition coefficient (Wildman–Crippen LogP) is 2.75. The predicted molar refractivity (Wildman–Crippen MR) is 105 cm³/mol. The number of nitrogens with one attached hydrogen (secondary N) is 1. The molecule has 1 heterocycles. The fourth-order valence-corrected chi connectivity index (χ4v) is 3.51. The topological polar surface area (TPSA) is 75.0 Å². The average molecular weight is 372 g/mol. The summed E-state index contributed by atoms with van der Waals surface area (Å²) in [4.78, 5) is 0. The van der Waals surface area contributed by atoms with E-state index in [2.05, 4.69) is 17.4 Å². The van der Waals surface area contributed by atoms with E-state index >= 15 is 0 Å². The third kappa shape index (κ3) is 3.96. The van der Waals surface area contributed by atoms with Crippen LogP contribution in [0.4, 0.5) is 0 Å². The minimum absolute atomic E-state index is 0.164. The van der Waals surface area contributed by atoms with Gasteiger partial charge >= 0.3 is 0 Å². The molecule has 146 valence electrons. The summed E-state index contributed by atoms with van der Waals surface area (Å²) in [5, 5.41) is 3.19. The van der Waals surface area contributed by atoms with E-state index in [0.29, 0.717) is 6.42 Å². The summed E-state index contributed by atoms with van der Waals surface area (Å²) in [6, 6.07) is 7.89. The molecule has 1 aliphatic heterocycles. The summed E-state index contributed by atoms with van der Waals surface area (Å²) in [5.74, 6) is 3.03. The van der Waals surface area contributed by atoms with Crippen LogP contribution in [0.2, 0.25) is 0 Å². The Hall–Kier alpha value is -2.44. The summed E-state index contributed by atoms with van der Waals surface area (Å²) >= 11 is 0. The van der Waals surface area contributed by atoms with Crippen LogP contribution >= 0.6 is 0 Å². The van der Waals surface area contributed by atoms with Crippen molar-refractivity contribution in [3.63, 3.8) is 0 Å². The van der Waals surface area contributed by atoms with Gasteiger partial charge in [-0.15, -0.1) is 0 Å². The Bertz CT molecular complexity index is 807. The highest BCUT2D eigenvalue weighted by molar-refractivity contribution is 5.52. The largest absolute Gasteiger partial charge is 0.493 e. The van der Waals surface area contributed by atoms with Gasteiger partial charge in [-0.3, -0.25) is 0 Å². The molecular weight excluding hydrogens is 344 g/mol. The number of fused-ring (bicyclic) bond motifs is 1. The molecule has 6 nitrogen and oxygen atoms in total. The van der Waals surface area contributed by atoms with E-state index in [9.17, 15) is 0 Å². The first-order valence-electron chi connectivity index (χ1n) is 9.12. The van der Waals surface area contributed by atoms with Gasteiger partial charge < -0.3 is 30.0 Å². The maximum absolute atomic E-state index is 6.64. The summed E-state index contributed by atoms with van der Waals surface area (Å²) in [6.45, 7) is 3.16. The fourth-order valence-electron chi connectivity index (χ4n) is 3.51. The van der Waals surface area contributed by atoms with Crippen LogP contribution in [0.25, 0.3) is 0 Å². The zero-order valence-corrected chi connectivity index (χ0v) is 16.4. The van der Waals surface area contributed by atoms with Gasteiger partial charge in [-0.2, -0.15) is 0 Å². The second-order valence-corrected chi connectivity index (χ2v) is 6.65. The molecule has 0 saturated heterocycles. The van der Waals surface area contributed by atoms with Gasteiger partial charge in [-0.05, 0) is 73.8 Å². The van der Waals surface area contributed by atoms with Crippen LogP contribution in [-0.2, 0) is 12.8 Å². The zero-order chi connectivity index (χ0) is 19.4. The Balaban J connectivity index is 1.91. The smallest absolute Gasteiger partial charge is 0.231 e. The first kappa shape index (κ1) is 19.3. The monoisotopic (exact) mass is 372 g/mol. The van der Waals surface area contributed by atoms with E-state index in [0.717, 1.165) is 52.7 Å². The van der Waals surface area contributed by atoms with Crippen molar-refractivity contribution in [2.45, 2.75) is 25.8 Å². The van der Waals surface area contributed by atoms with Crippen molar-refractivity contribution in [2.75, 3.05) is 34.6 Å². The average Bonchev–Trinajstić information content (AvgIpc) is 3.14. The lowest BCUT2D eigenvalue weighted by molar-refractivity contribution is 0.174. The number of hydrogen-bond donors (Lipinski definition) is 2. The summed E-state index contributed by atoms with van der Waals surface area (Å²) in [5.41, 5.74) is 11.1. The molecule has 0 spiro atoms. The molecular formula is C21H28N2O4. The van der Waals surface area contributed by atoms with Gasteiger partial charge in [0, 0.05) is 6.04 Å². The van der Waals surface area contributed by atoms with E-state index < -0.39 is 0 Å². The fraction of sp³-hybridized carbons (Fsp3) is 0.429. The third-order valence-electron chi connectivity index (χ3n) is 5.02. The molecule has 0 saturated carbocycles. The lowest BCUT2D eigenvalue weighted by atomic mass is 9.91. The number of methoxy groups -OCH3 is 2. The van der Waals surface area contributed by atoms with Gasteiger partial charge in [0.15, 0.2) is 23.0 Å². The van der Waals surface area contributed by atoms with Crippen molar-refractivity contribution in [1.29, 1.82) is 0 Å². The van der Waals surface area contributed by atoms with Crippen LogP contribution in [-0.4, -0.2) is 34.6 Å². The first-order valence-corrected chi connectivity index (χ1v) is 9.12. The van der Waals surface area contributed by atoms with E-state index in [-0.39, 0.29) is 12.8 Å². The lowest BCUT2D eigenvalue weighted by Gasteiger charge is -2.20. The lowest BCUT2D eigenvalue weighted by Crippen LogP contribution is -2.18. The number of ether oxygens (including phenoxy) is 4. The molecule has 0 aliphatic carbocycles. The molecule has 27 heavy (non-hydrogen) atoms. The molecule has 0 bridgehead atoms. The summed E-state index contributed by atoms with van der Waals surface area (Å²) < 4.78 is 22.0. The number of likely N-dealkylation sites (N-methyl/N-ethyl adjacent to an activating group) is 1. The molecule has 0 radical (unpaired) electrons. The van der Waals surface area contributed by atoms with Crippen molar-refractivity contribution in [1.82, 2.24) is 5.32 Å². The van der Waals surface area contributed by atoms with Crippen molar-refractivity contribution in [3.8, 4) is 23.0 Å². The Morgan fingerprint density at radius 2 is 1.85 bits per heavy atom. The Morgan fingerprint density at radius 3 is 2.52 bits per heavy atom. The Kier molecular flexibility index (Phi) is 6.08. The van der Waals surface area contributed by atoms with Crippen LogP contribution in [0.5, 0.6) is 23.0 Å². The van der Waals surface area contributed by atoms with Crippen molar-refractivity contribution in [2.24, 2.45) is 5.73 Å². The number of rotatable bonds is 8. The van der Waals surface area contributed by atoms with Gasteiger partial charge in [0.1, 0.15) is 0 Å².